The van der Waals surface area contributed by atoms with E-state index in [1.807, 2.05) is 42.7 Å². The second-order valence-electron chi connectivity index (χ2n) is 9.23. The van der Waals surface area contributed by atoms with Gasteiger partial charge in [0, 0.05) is 44.0 Å². The maximum absolute atomic E-state index is 11.8. The molecule has 0 bridgehead atoms. The van der Waals surface area contributed by atoms with Crippen LogP contribution in [0.1, 0.15) is 36.0 Å². The van der Waals surface area contributed by atoms with E-state index >= 15 is 0 Å². The molecule has 2 aromatic carbocycles. The van der Waals surface area contributed by atoms with Crippen LogP contribution < -0.4 is 10.3 Å². The summed E-state index contributed by atoms with van der Waals surface area (Å²) in [6, 6.07) is 22.4. The Morgan fingerprint density at radius 1 is 0.914 bits per heavy atom. The third-order valence-electron chi connectivity index (χ3n) is 6.45. The largest absolute Gasteiger partial charge is 0.494 e. The number of aryl methyl sites for hydroxylation is 2. The van der Waals surface area contributed by atoms with Gasteiger partial charge in [0.25, 0.3) is 5.56 Å². The second-order valence-corrected chi connectivity index (χ2v) is 9.23. The van der Waals surface area contributed by atoms with E-state index < -0.39 is 0 Å². The van der Waals surface area contributed by atoms with Gasteiger partial charge < -0.3 is 9.30 Å². The molecule has 35 heavy (non-hydrogen) atoms. The van der Waals surface area contributed by atoms with Gasteiger partial charge in [0.1, 0.15) is 5.75 Å². The summed E-state index contributed by atoms with van der Waals surface area (Å²) < 4.78 is 7.66. The molecule has 0 saturated heterocycles. The number of aromatic nitrogens is 2. The maximum Gasteiger partial charge on any atom is 0.250 e. The van der Waals surface area contributed by atoms with Crippen LogP contribution in [0.2, 0.25) is 0 Å². The lowest BCUT2D eigenvalue weighted by Gasteiger charge is -2.22. The van der Waals surface area contributed by atoms with Crippen molar-refractivity contribution in [1.82, 2.24) is 14.5 Å². The van der Waals surface area contributed by atoms with Crippen molar-refractivity contribution in [3.8, 4) is 5.75 Å². The molecule has 0 unspecified atom stereocenters. The van der Waals surface area contributed by atoms with Gasteiger partial charge in [-0.25, -0.2) is 0 Å². The number of rotatable bonds is 12. The Labute approximate surface area is 208 Å². The van der Waals surface area contributed by atoms with E-state index in [1.165, 1.54) is 16.7 Å². The van der Waals surface area contributed by atoms with Crippen molar-refractivity contribution >= 4 is 10.9 Å². The smallest absolute Gasteiger partial charge is 0.250 e. The fourth-order valence-corrected chi connectivity index (χ4v) is 4.31. The highest BCUT2D eigenvalue weighted by Gasteiger charge is 2.08. The first-order valence-electron chi connectivity index (χ1n) is 12.5. The molecule has 5 heteroatoms. The normalized spacial score (nSPS) is 11.3. The van der Waals surface area contributed by atoms with Gasteiger partial charge in [0.15, 0.2) is 0 Å². The van der Waals surface area contributed by atoms with Gasteiger partial charge in [-0.2, -0.15) is 0 Å². The van der Waals surface area contributed by atoms with Gasteiger partial charge in [0.05, 0.1) is 12.1 Å². The van der Waals surface area contributed by atoms with E-state index in [0.717, 1.165) is 62.0 Å². The van der Waals surface area contributed by atoms with Crippen molar-refractivity contribution in [2.45, 2.75) is 39.2 Å². The highest BCUT2D eigenvalue weighted by atomic mass is 16.5. The lowest BCUT2D eigenvalue weighted by Crippen LogP contribution is -2.27. The Bertz CT molecular complexity index is 1270. The summed E-state index contributed by atoms with van der Waals surface area (Å²) in [7, 11) is 1.80. The summed E-state index contributed by atoms with van der Waals surface area (Å²) in [6.07, 6.45) is 8.09. The molecule has 182 valence electrons. The standard InChI is InChI=1S/C30H35N3O2/c1-24-8-10-26(11-9-24)23-33(19-16-25-7-6-17-31-22-25)18-4-3-5-20-35-28-13-14-29-27(21-28)12-15-30(34)32(29)2/h6-15,17,21-22H,3-5,16,18-20,23H2,1-2H3. The fraction of sp³-hybridized carbons (Fsp3) is 0.333. The molecule has 0 aliphatic heterocycles. The number of pyridine rings is 2. The van der Waals surface area contributed by atoms with E-state index in [9.17, 15) is 4.79 Å². The Kier molecular flexibility index (Phi) is 8.68. The molecule has 0 saturated carbocycles. The van der Waals surface area contributed by atoms with Gasteiger partial charge in [-0.05, 0) is 80.6 Å². The fourth-order valence-electron chi connectivity index (χ4n) is 4.31. The van der Waals surface area contributed by atoms with Crippen molar-refractivity contribution in [1.29, 1.82) is 0 Å². The van der Waals surface area contributed by atoms with Crippen LogP contribution in [0.25, 0.3) is 10.9 Å². The van der Waals surface area contributed by atoms with E-state index in [4.69, 9.17) is 4.74 Å². The molecule has 0 radical (unpaired) electrons. The Hall–Kier alpha value is -3.44. The van der Waals surface area contributed by atoms with Crippen LogP contribution in [0.4, 0.5) is 0 Å². The summed E-state index contributed by atoms with van der Waals surface area (Å²) in [6.45, 7) is 5.89. The van der Waals surface area contributed by atoms with Crippen molar-refractivity contribution in [2.75, 3.05) is 19.7 Å². The van der Waals surface area contributed by atoms with Gasteiger partial charge in [-0.15, -0.1) is 0 Å². The van der Waals surface area contributed by atoms with Crippen molar-refractivity contribution in [3.63, 3.8) is 0 Å². The molecule has 4 aromatic rings. The molecule has 0 spiro atoms. The summed E-state index contributed by atoms with van der Waals surface area (Å²) in [4.78, 5) is 18.6. The molecule has 0 amide bonds. The second kappa shape index (κ2) is 12.3. The van der Waals surface area contributed by atoms with Crippen LogP contribution >= 0.6 is 0 Å². The first kappa shape index (κ1) is 24.7. The highest BCUT2D eigenvalue weighted by molar-refractivity contribution is 5.80. The van der Waals surface area contributed by atoms with E-state index in [-0.39, 0.29) is 5.56 Å². The molecule has 0 N–H and O–H groups in total. The SMILES string of the molecule is Cc1ccc(CN(CCCCCOc2ccc3c(ccc(=O)n3C)c2)CCc2cccnc2)cc1. The minimum Gasteiger partial charge on any atom is -0.494 e. The molecule has 0 aliphatic carbocycles. The third kappa shape index (κ3) is 7.27. The monoisotopic (exact) mass is 469 g/mol. The van der Waals surface area contributed by atoms with Crippen LogP contribution in [0.3, 0.4) is 0 Å². The van der Waals surface area contributed by atoms with Gasteiger partial charge in [-0.1, -0.05) is 35.9 Å². The molecular formula is C30H35N3O2. The van der Waals surface area contributed by atoms with Crippen LogP contribution in [-0.2, 0) is 20.0 Å². The predicted octanol–water partition coefficient (Wildman–Crippen LogP) is 5.54. The number of fused-ring (bicyclic) bond motifs is 1. The van der Waals surface area contributed by atoms with Crippen molar-refractivity contribution in [2.24, 2.45) is 7.05 Å². The predicted molar refractivity (Wildman–Crippen MR) is 143 cm³/mol. The molecule has 2 heterocycles. The molecule has 0 aliphatic rings. The lowest BCUT2D eigenvalue weighted by molar-refractivity contribution is 0.254. The molecule has 5 nitrogen and oxygen atoms in total. The average molecular weight is 470 g/mol. The van der Waals surface area contributed by atoms with Gasteiger partial charge in [-0.3, -0.25) is 14.7 Å². The first-order valence-corrected chi connectivity index (χ1v) is 12.5. The number of benzene rings is 2. The highest BCUT2D eigenvalue weighted by Crippen LogP contribution is 2.19. The van der Waals surface area contributed by atoms with Crippen LogP contribution in [0, 0.1) is 6.92 Å². The molecule has 0 atom stereocenters. The topological polar surface area (TPSA) is 47.4 Å². The van der Waals surface area contributed by atoms with Crippen LogP contribution in [0.15, 0.2) is 83.9 Å². The summed E-state index contributed by atoms with van der Waals surface area (Å²) in [5, 5.41) is 1.02. The maximum atomic E-state index is 11.8. The minimum atomic E-state index is 0.00280. The Morgan fingerprint density at radius 3 is 2.57 bits per heavy atom. The van der Waals surface area contributed by atoms with Crippen LogP contribution in [-0.4, -0.2) is 34.1 Å². The zero-order chi connectivity index (χ0) is 24.5. The van der Waals surface area contributed by atoms with E-state index in [2.05, 4.69) is 47.1 Å². The summed E-state index contributed by atoms with van der Waals surface area (Å²) >= 11 is 0. The molecule has 0 fully saturated rings. The average Bonchev–Trinajstić information content (AvgIpc) is 2.88. The minimum absolute atomic E-state index is 0.00280. The zero-order valence-electron chi connectivity index (χ0n) is 20.8. The number of ether oxygens (including phenoxy) is 1. The van der Waals surface area contributed by atoms with E-state index in [0.29, 0.717) is 6.61 Å². The quantitative estimate of drug-likeness (QED) is 0.256. The number of hydrogen-bond acceptors (Lipinski definition) is 4. The molecular weight excluding hydrogens is 434 g/mol. The third-order valence-corrected chi connectivity index (χ3v) is 6.45. The zero-order valence-corrected chi connectivity index (χ0v) is 20.8. The summed E-state index contributed by atoms with van der Waals surface area (Å²) in [5.74, 6) is 0.855. The summed E-state index contributed by atoms with van der Waals surface area (Å²) in [5.41, 5.74) is 4.86. The number of unbranched alkanes of at least 4 members (excludes halogenated alkanes) is 2. The van der Waals surface area contributed by atoms with Crippen molar-refractivity contribution < 1.29 is 4.74 Å². The molecule has 4 rings (SSSR count). The Balaban J connectivity index is 1.24. The number of hydrogen-bond donors (Lipinski definition) is 0. The van der Waals surface area contributed by atoms with E-state index in [1.54, 1.807) is 17.7 Å². The van der Waals surface area contributed by atoms with Gasteiger partial charge in [0.2, 0.25) is 0 Å². The molecule has 2 aromatic heterocycles. The number of nitrogens with zero attached hydrogens (tertiary/aromatic N) is 3. The van der Waals surface area contributed by atoms with Gasteiger partial charge >= 0.3 is 0 Å². The van der Waals surface area contributed by atoms with Crippen LogP contribution in [0.5, 0.6) is 5.75 Å². The lowest BCUT2D eigenvalue weighted by atomic mass is 10.1. The first-order chi connectivity index (χ1) is 17.1. The Morgan fingerprint density at radius 2 is 1.77 bits per heavy atom. The van der Waals surface area contributed by atoms with Crippen molar-refractivity contribution in [3.05, 3.63) is 106 Å².